The standard InChI is InChI=1S/C18H28N4O4/c1-3-26-18(24)22-10-7-15(8-11-22)21-16-6-5-14(13-20-16)17(23)19-9-4-12-25-2/h5-6,13,15H,3-4,7-12H2,1-2H3,(H,19,23)(H,20,21). The first-order valence-corrected chi connectivity index (χ1v) is 9.05. The highest BCUT2D eigenvalue weighted by molar-refractivity contribution is 5.94. The lowest BCUT2D eigenvalue weighted by molar-refractivity contribution is 0.0947. The number of pyridine rings is 1. The highest BCUT2D eigenvalue weighted by atomic mass is 16.6. The molecule has 1 fully saturated rings. The van der Waals surface area contributed by atoms with E-state index < -0.39 is 0 Å². The second kappa shape index (κ2) is 10.6. The van der Waals surface area contributed by atoms with Crippen molar-refractivity contribution in [3.8, 4) is 0 Å². The van der Waals surface area contributed by atoms with Gasteiger partial charge in [-0.1, -0.05) is 0 Å². The molecule has 2 rings (SSSR count). The number of hydrogen-bond donors (Lipinski definition) is 2. The van der Waals surface area contributed by atoms with Crippen LogP contribution in [-0.4, -0.2) is 67.9 Å². The van der Waals surface area contributed by atoms with Crippen molar-refractivity contribution in [1.29, 1.82) is 0 Å². The molecule has 2 amide bonds. The van der Waals surface area contributed by atoms with Crippen molar-refractivity contribution >= 4 is 17.8 Å². The molecule has 0 atom stereocenters. The number of ether oxygens (including phenoxy) is 2. The molecule has 1 aliphatic heterocycles. The van der Waals surface area contributed by atoms with Crippen molar-refractivity contribution in [3.05, 3.63) is 23.9 Å². The second-order valence-corrected chi connectivity index (χ2v) is 6.14. The zero-order valence-electron chi connectivity index (χ0n) is 15.5. The number of methoxy groups -OCH3 is 1. The molecule has 0 spiro atoms. The Kier molecular flexibility index (Phi) is 8.14. The van der Waals surface area contributed by atoms with Crippen molar-refractivity contribution in [2.24, 2.45) is 0 Å². The van der Waals surface area contributed by atoms with Crippen LogP contribution in [0.2, 0.25) is 0 Å². The van der Waals surface area contributed by atoms with E-state index >= 15 is 0 Å². The molecule has 0 aliphatic carbocycles. The molecule has 0 aromatic carbocycles. The van der Waals surface area contributed by atoms with Crippen molar-refractivity contribution < 1.29 is 19.1 Å². The number of nitrogens with one attached hydrogen (secondary N) is 2. The van der Waals surface area contributed by atoms with Gasteiger partial charge in [0, 0.05) is 45.6 Å². The van der Waals surface area contributed by atoms with Crippen molar-refractivity contribution in [2.45, 2.75) is 32.2 Å². The average Bonchev–Trinajstić information content (AvgIpc) is 2.66. The highest BCUT2D eigenvalue weighted by Crippen LogP contribution is 2.16. The Hall–Kier alpha value is -2.35. The van der Waals surface area contributed by atoms with Crippen molar-refractivity contribution in [3.63, 3.8) is 0 Å². The summed E-state index contributed by atoms with van der Waals surface area (Å²) in [6.45, 7) is 4.73. The third-order valence-electron chi connectivity index (χ3n) is 4.21. The van der Waals surface area contributed by atoms with E-state index in [-0.39, 0.29) is 18.0 Å². The van der Waals surface area contributed by atoms with E-state index in [0.717, 1.165) is 25.1 Å². The minimum Gasteiger partial charge on any atom is -0.450 e. The number of carbonyl (C=O) groups is 2. The molecule has 0 bridgehead atoms. The van der Waals surface area contributed by atoms with Gasteiger partial charge in [0.25, 0.3) is 5.91 Å². The molecule has 1 aliphatic rings. The lowest BCUT2D eigenvalue weighted by atomic mass is 10.1. The Morgan fingerprint density at radius 1 is 1.31 bits per heavy atom. The predicted octanol–water partition coefficient (Wildman–Crippen LogP) is 1.88. The summed E-state index contributed by atoms with van der Waals surface area (Å²) in [6, 6.07) is 3.82. The number of hydrogen-bond acceptors (Lipinski definition) is 6. The molecule has 0 unspecified atom stereocenters. The van der Waals surface area contributed by atoms with E-state index in [1.165, 1.54) is 0 Å². The summed E-state index contributed by atoms with van der Waals surface area (Å²) < 4.78 is 9.97. The van der Waals surface area contributed by atoms with Gasteiger partial charge in [-0.2, -0.15) is 0 Å². The van der Waals surface area contributed by atoms with Crippen LogP contribution in [0.3, 0.4) is 0 Å². The zero-order valence-corrected chi connectivity index (χ0v) is 15.5. The van der Waals surface area contributed by atoms with E-state index in [1.807, 2.05) is 6.07 Å². The minimum absolute atomic E-state index is 0.136. The highest BCUT2D eigenvalue weighted by Gasteiger charge is 2.23. The fourth-order valence-corrected chi connectivity index (χ4v) is 2.76. The first-order valence-electron chi connectivity index (χ1n) is 9.05. The predicted molar refractivity (Wildman–Crippen MR) is 98.3 cm³/mol. The van der Waals surface area contributed by atoms with E-state index in [0.29, 0.717) is 38.4 Å². The summed E-state index contributed by atoms with van der Waals surface area (Å²) in [5, 5.41) is 6.19. The first kappa shape index (κ1) is 20.0. The van der Waals surface area contributed by atoms with Crippen LogP contribution in [0.4, 0.5) is 10.6 Å². The van der Waals surface area contributed by atoms with E-state index in [2.05, 4.69) is 15.6 Å². The van der Waals surface area contributed by atoms with Crippen molar-refractivity contribution in [1.82, 2.24) is 15.2 Å². The molecule has 1 aromatic heterocycles. The molecule has 2 N–H and O–H groups in total. The Morgan fingerprint density at radius 3 is 2.69 bits per heavy atom. The van der Waals surface area contributed by atoms with Gasteiger partial charge >= 0.3 is 6.09 Å². The molecule has 0 saturated carbocycles. The third-order valence-corrected chi connectivity index (χ3v) is 4.21. The minimum atomic E-state index is -0.245. The molecule has 144 valence electrons. The maximum absolute atomic E-state index is 12.0. The summed E-state index contributed by atoms with van der Waals surface area (Å²) in [7, 11) is 1.64. The van der Waals surface area contributed by atoms with Crippen LogP contribution in [0.1, 0.15) is 36.5 Å². The van der Waals surface area contributed by atoms with Gasteiger partial charge in [0.05, 0.1) is 12.2 Å². The van der Waals surface area contributed by atoms with Crippen LogP contribution in [0.15, 0.2) is 18.3 Å². The lowest BCUT2D eigenvalue weighted by Crippen LogP contribution is -2.42. The van der Waals surface area contributed by atoms with Gasteiger partial charge in [0.1, 0.15) is 5.82 Å². The Labute approximate surface area is 154 Å². The molecule has 8 nitrogen and oxygen atoms in total. The lowest BCUT2D eigenvalue weighted by Gasteiger charge is -2.31. The van der Waals surface area contributed by atoms with Gasteiger partial charge in [0.15, 0.2) is 0 Å². The fourth-order valence-electron chi connectivity index (χ4n) is 2.76. The van der Waals surface area contributed by atoms with Crippen LogP contribution < -0.4 is 10.6 Å². The van der Waals surface area contributed by atoms with Gasteiger partial charge < -0.3 is 25.0 Å². The summed E-state index contributed by atoms with van der Waals surface area (Å²) in [5.74, 6) is 0.596. The van der Waals surface area contributed by atoms with Crippen LogP contribution >= 0.6 is 0 Å². The molecule has 1 saturated heterocycles. The largest absolute Gasteiger partial charge is 0.450 e. The number of likely N-dealkylation sites (tertiary alicyclic amines) is 1. The van der Waals surface area contributed by atoms with E-state index in [9.17, 15) is 9.59 Å². The van der Waals surface area contributed by atoms with Gasteiger partial charge in [-0.05, 0) is 38.3 Å². The summed E-state index contributed by atoms with van der Waals surface area (Å²) >= 11 is 0. The molecular formula is C18H28N4O4. The zero-order chi connectivity index (χ0) is 18.8. The van der Waals surface area contributed by atoms with Crippen LogP contribution in [0.25, 0.3) is 0 Å². The van der Waals surface area contributed by atoms with Crippen LogP contribution in [0.5, 0.6) is 0 Å². The number of aromatic nitrogens is 1. The quantitative estimate of drug-likeness (QED) is 0.684. The molecule has 2 heterocycles. The summed E-state index contributed by atoms with van der Waals surface area (Å²) in [5.41, 5.74) is 0.532. The number of nitrogens with zero attached hydrogens (tertiary/aromatic N) is 2. The number of rotatable bonds is 8. The first-order chi connectivity index (χ1) is 12.6. The topological polar surface area (TPSA) is 92.8 Å². The van der Waals surface area contributed by atoms with Gasteiger partial charge in [-0.25, -0.2) is 9.78 Å². The maximum atomic E-state index is 12.0. The third kappa shape index (κ3) is 6.18. The normalized spacial score (nSPS) is 14.8. The Morgan fingerprint density at radius 2 is 2.08 bits per heavy atom. The molecule has 8 heteroatoms. The summed E-state index contributed by atoms with van der Waals surface area (Å²) in [6.07, 6.45) is 3.77. The number of piperidine rings is 1. The van der Waals surface area contributed by atoms with E-state index in [1.54, 1.807) is 31.2 Å². The molecule has 26 heavy (non-hydrogen) atoms. The van der Waals surface area contributed by atoms with Gasteiger partial charge in [-0.3, -0.25) is 4.79 Å². The summed E-state index contributed by atoms with van der Waals surface area (Å²) in [4.78, 5) is 29.8. The number of carbonyl (C=O) groups excluding carboxylic acids is 2. The Bertz CT molecular complexity index is 571. The molecular weight excluding hydrogens is 336 g/mol. The second-order valence-electron chi connectivity index (χ2n) is 6.14. The molecule has 0 radical (unpaired) electrons. The Balaban J connectivity index is 1.75. The van der Waals surface area contributed by atoms with Gasteiger partial charge in [-0.15, -0.1) is 0 Å². The average molecular weight is 364 g/mol. The number of anilines is 1. The fraction of sp³-hybridized carbons (Fsp3) is 0.611. The maximum Gasteiger partial charge on any atom is 0.409 e. The SMILES string of the molecule is CCOC(=O)N1CCC(Nc2ccc(C(=O)NCCCOC)cn2)CC1. The van der Waals surface area contributed by atoms with E-state index in [4.69, 9.17) is 9.47 Å². The monoisotopic (exact) mass is 364 g/mol. The van der Waals surface area contributed by atoms with Crippen LogP contribution in [0, 0.1) is 0 Å². The van der Waals surface area contributed by atoms with Crippen molar-refractivity contribution in [2.75, 3.05) is 45.3 Å². The van der Waals surface area contributed by atoms with Crippen LogP contribution in [-0.2, 0) is 9.47 Å². The number of amides is 2. The molecule has 1 aromatic rings. The van der Waals surface area contributed by atoms with Gasteiger partial charge in [0.2, 0.25) is 0 Å². The smallest absolute Gasteiger partial charge is 0.409 e.